The van der Waals surface area contributed by atoms with Gasteiger partial charge < -0.3 is 15.0 Å². The van der Waals surface area contributed by atoms with Crippen LogP contribution >= 0.6 is 0 Å². The molecule has 1 fully saturated rings. The van der Waals surface area contributed by atoms with Crippen molar-refractivity contribution in [2.45, 2.75) is 39.5 Å². The maximum atomic E-state index is 5.44. The molecule has 1 saturated heterocycles. The van der Waals surface area contributed by atoms with Gasteiger partial charge in [0.25, 0.3) is 0 Å². The molecule has 5 heteroatoms. The van der Waals surface area contributed by atoms with Crippen molar-refractivity contribution in [1.82, 2.24) is 9.97 Å². The molecule has 0 aliphatic carbocycles. The van der Waals surface area contributed by atoms with Crippen LogP contribution in [0.1, 0.15) is 38.7 Å². The second-order valence-corrected chi connectivity index (χ2v) is 5.74. The van der Waals surface area contributed by atoms with E-state index in [1.807, 2.05) is 0 Å². The van der Waals surface area contributed by atoms with Gasteiger partial charge in [0, 0.05) is 38.9 Å². The van der Waals surface area contributed by atoms with E-state index in [4.69, 9.17) is 4.74 Å². The van der Waals surface area contributed by atoms with Crippen LogP contribution in [0.15, 0.2) is 6.33 Å². The Morgan fingerprint density at radius 3 is 2.71 bits per heavy atom. The summed E-state index contributed by atoms with van der Waals surface area (Å²) in [6, 6.07) is 0. The number of anilines is 2. The predicted molar refractivity (Wildman–Crippen MR) is 87.0 cm³/mol. The van der Waals surface area contributed by atoms with Crippen molar-refractivity contribution < 1.29 is 4.74 Å². The number of rotatable bonds is 7. The lowest BCUT2D eigenvalue weighted by molar-refractivity contribution is 0.0685. The van der Waals surface area contributed by atoms with E-state index >= 15 is 0 Å². The standard InChI is InChI=1S/C16H28N4O/c1-4-8-17-15-14(5-2)16(19-12-18-15)20(3)11-13-6-9-21-10-7-13/h12-13H,4-11H2,1-3H3,(H,17,18,19). The van der Waals surface area contributed by atoms with Crippen LogP contribution in [0.5, 0.6) is 0 Å². The molecular weight excluding hydrogens is 264 g/mol. The van der Waals surface area contributed by atoms with E-state index < -0.39 is 0 Å². The third-order valence-electron chi connectivity index (χ3n) is 4.05. The molecule has 118 valence electrons. The summed E-state index contributed by atoms with van der Waals surface area (Å²) in [4.78, 5) is 11.2. The minimum atomic E-state index is 0.704. The minimum absolute atomic E-state index is 0.704. The molecule has 1 aliphatic rings. The summed E-state index contributed by atoms with van der Waals surface area (Å²) in [6.45, 7) is 8.12. The number of nitrogens with one attached hydrogen (secondary N) is 1. The van der Waals surface area contributed by atoms with Gasteiger partial charge >= 0.3 is 0 Å². The maximum Gasteiger partial charge on any atom is 0.137 e. The predicted octanol–water partition coefficient (Wildman–Crippen LogP) is 2.72. The quantitative estimate of drug-likeness (QED) is 0.837. The van der Waals surface area contributed by atoms with E-state index in [2.05, 4.69) is 41.1 Å². The Morgan fingerprint density at radius 1 is 1.29 bits per heavy atom. The van der Waals surface area contributed by atoms with E-state index in [-0.39, 0.29) is 0 Å². The third kappa shape index (κ3) is 4.30. The largest absolute Gasteiger partial charge is 0.381 e. The second-order valence-electron chi connectivity index (χ2n) is 5.74. The molecule has 1 aromatic heterocycles. The van der Waals surface area contributed by atoms with Crippen molar-refractivity contribution in [3.05, 3.63) is 11.9 Å². The minimum Gasteiger partial charge on any atom is -0.381 e. The van der Waals surface area contributed by atoms with Crippen LogP contribution in [0, 0.1) is 5.92 Å². The molecule has 5 nitrogen and oxygen atoms in total. The van der Waals surface area contributed by atoms with E-state index in [9.17, 15) is 0 Å². The Kier molecular flexibility index (Phi) is 6.23. The summed E-state index contributed by atoms with van der Waals surface area (Å²) in [5.41, 5.74) is 1.22. The fourth-order valence-electron chi connectivity index (χ4n) is 2.86. The molecule has 0 atom stereocenters. The van der Waals surface area contributed by atoms with E-state index in [0.717, 1.165) is 63.6 Å². The fourth-order valence-corrected chi connectivity index (χ4v) is 2.86. The summed E-state index contributed by atoms with van der Waals surface area (Å²) in [7, 11) is 2.14. The van der Waals surface area contributed by atoms with E-state index in [1.54, 1.807) is 6.33 Å². The van der Waals surface area contributed by atoms with Crippen molar-refractivity contribution in [1.29, 1.82) is 0 Å². The number of nitrogens with zero attached hydrogens (tertiary/aromatic N) is 3. The van der Waals surface area contributed by atoms with E-state index in [0.29, 0.717) is 5.92 Å². The fraction of sp³-hybridized carbons (Fsp3) is 0.750. The smallest absolute Gasteiger partial charge is 0.137 e. The molecule has 1 aromatic rings. The zero-order valence-corrected chi connectivity index (χ0v) is 13.6. The Morgan fingerprint density at radius 2 is 2.05 bits per heavy atom. The molecule has 0 saturated carbocycles. The molecule has 1 N–H and O–H groups in total. The zero-order valence-electron chi connectivity index (χ0n) is 13.6. The first-order valence-electron chi connectivity index (χ1n) is 8.12. The highest BCUT2D eigenvalue weighted by Crippen LogP contribution is 2.25. The monoisotopic (exact) mass is 292 g/mol. The van der Waals surface area contributed by atoms with Gasteiger partial charge in [0.05, 0.1) is 0 Å². The van der Waals surface area contributed by atoms with Gasteiger partial charge in [-0.2, -0.15) is 0 Å². The molecule has 2 rings (SSSR count). The number of aromatic nitrogens is 2. The van der Waals surface area contributed by atoms with Gasteiger partial charge in [-0.15, -0.1) is 0 Å². The molecule has 0 amide bonds. The number of hydrogen-bond acceptors (Lipinski definition) is 5. The summed E-state index contributed by atoms with van der Waals surface area (Å²) in [5, 5.41) is 3.41. The van der Waals surface area contributed by atoms with Crippen LogP contribution in [0.2, 0.25) is 0 Å². The Labute approximate surface area is 128 Å². The molecule has 0 bridgehead atoms. The van der Waals surface area contributed by atoms with Gasteiger partial charge in [0.1, 0.15) is 18.0 Å². The van der Waals surface area contributed by atoms with Crippen LogP contribution in [0.4, 0.5) is 11.6 Å². The number of hydrogen-bond donors (Lipinski definition) is 1. The zero-order chi connectivity index (χ0) is 15.1. The highest BCUT2D eigenvalue weighted by atomic mass is 16.5. The van der Waals surface area contributed by atoms with Crippen LogP contribution in [-0.2, 0) is 11.2 Å². The summed E-state index contributed by atoms with van der Waals surface area (Å²) in [5.74, 6) is 2.76. The van der Waals surface area contributed by atoms with Crippen molar-refractivity contribution in [2.24, 2.45) is 5.92 Å². The van der Waals surface area contributed by atoms with Crippen molar-refractivity contribution in [2.75, 3.05) is 43.6 Å². The Balaban J connectivity index is 2.09. The highest BCUT2D eigenvalue weighted by molar-refractivity contribution is 5.58. The van der Waals surface area contributed by atoms with Gasteiger partial charge in [0.15, 0.2) is 0 Å². The van der Waals surface area contributed by atoms with Gasteiger partial charge in [-0.1, -0.05) is 13.8 Å². The van der Waals surface area contributed by atoms with Crippen LogP contribution < -0.4 is 10.2 Å². The summed E-state index contributed by atoms with van der Waals surface area (Å²) < 4.78 is 5.44. The lowest BCUT2D eigenvalue weighted by atomic mass is 9.99. The van der Waals surface area contributed by atoms with Gasteiger partial charge in [0.2, 0.25) is 0 Å². The molecule has 1 aliphatic heterocycles. The lowest BCUT2D eigenvalue weighted by Gasteiger charge is -2.29. The second kappa shape index (κ2) is 8.17. The average Bonchev–Trinajstić information content (AvgIpc) is 2.53. The van der Waals surface area contributed by atoms with Crippen molar-refractivity contribution in [3.63, 3.8) is 0 Å². The topological polar surface area (TPSA) is 50.3 Å². The Hall–Kier alpha value is -1.36. The first kappa shape index (κ1) is 16.0. The van der Waals surface area contributed by atoms with Crippen molar-refractivity contribution in [3.8, 4) is 0 Å². The normalized spacial score (nSPS) is 16.0. The third-order valence-corrected chi connectivity index (χ3v) is 4.05. The molecule has 0 radical (unpaired) electrons. The van der Waals surface area contributed by atoms with Crippen LogP contribution in [0.3, 0.4) is 0 Å². The van der Waals surface area contributed by atoms with E-state index in [1.165, 1.54) is 5.56 Å². The van der Waals surface area contributed by atoms with Crippen LogP contribution in [-0.4, -0.2) is 43.3 Å². The molecule has 0 unspecified atom stereocenters. The highest BCUT2D eigenvalue weighted by Gasteiger charge is 2.19. The molecule has 2 heterocycles. The first-order chi connectivity index (χ1) is 10.3. The summed E-state index contributed by atoms with van der Waals surface area (Å²) >= 11 is 0. The maximum absolute atomic E-state index is 5.44. The van der Waals surface area contributed by atoms with Gasteiger partial charge in [-0.25, -0.2) is 9.97 Å². The lowest BCUT2D eigenvalue weighted by Crippen LogP contribution is -2.31. The molecule has 21 heavy (non-hydrogen) atoms. The van der Waals surface area contributed by atoms with Crippen molar-refractivity contribution >= 4 is 11.6 Å². The Bertz CT molecular complexity index is 432. The summed E-state index contributed by atoms with van der Waals surface area (Å²) in [6.07, 6.45) is 6.02. The SMILES string of the molecule is CCCNc1ncnc(N(C)CC2CCOCC2)c1CC. The number of ether oxygens (including phenoxy) is 1. The molecule has 0 spiro atoms. The average molecular weight is 292 g/mol. The molecule has 0 aromatic carbocycles. The molecular formula is C16H28N4O. The van der Waals surface area contributed by atoms with Gasteiger partial charge in [-0.05, 0) is 31.6 Å². The van der Waals surface area contributed by atoms with Gasteiger partial charge in [-0.3, -0.25) is 0 Å². The van der Waals surface area contributed by atoms with Crippen LogP contribution in [0.25, 0.3) is 0 Å². The first-order valence-corrected chi connectivity index (χ1v) is 8.12.